The molecule has 0 fully saturated rings. The van der Waals surface area contributed by atoms with Crippen LogP contribution in [-0.4, -0.2) is 46.4 Å². The predicted molar refractivity (Wildman–Crippen MR) is 129 cm³/mol. The molecule has 0 bridgehead atoms. The molecule has 1 amide bonds. The predicted octanol–water partition coefficient (Wildman–Crippen LogP) is 5.06. The van der Waals surface area contributed by atoms with Gasteiger partial charge in [-0.1, -0.05) is 13.3 Å². The molecule has 2 aromatic carbocycles. The SMILES string of the molecule is CCCc1sc(NC(=O)c2cc(OC)c(OC)c(OC)c2)nc1-c1ccc(OC)c(OC)c1. The van der Waals surface area contributed by atoms with Crippen molar-refractivity contribution >= 4 is 22.4 Å². The minimum Gasteiger partial charge on any atom is -0.493 e. The Morgan fingerprint density at radius 3 is 2.06 bits per heavy atom. The molecule has 0 atom stereocenters. The minimum atomic E-state index is -0.329. The zero-order chi connectivity index (χ0) is 24.0. The molecule has 1 aromatic heterocycles. The third-order valence-electron chi connectivity index (χ3n) is 4.98. The minimum absolute atomic E-state index is 0.329. The second-order valence-electron chi connectivity index (χ2n) is 6.98. The van der Waals surface area contributed by atoms with Gasteiger partial charge < -0.3 is 23.7 Å². The summed E-state index contributed by atoms with van der Waals surface area (Å²) in [7, 11) is 7.72. The molecular formula is C24H28N2O6S. The van der Waals surface area contributed by atoms with E-state index in [-0.39, 0.29) is 5.91 Å². The summed E-state index contributed by atoms with van der Waals surface area (Å²) >= 11 is 1.45. The van der Waals surface area contributed by atoms with Crippen LogP contribution in [0.2, 0.25) is 0 Å². The van der Waals surface area contributed by atoms with Crippen LogP contribution in [0.5, 0.6) is 28.7 Å². The van der Waals surface area contributed by atoms with Crippen molar-refractivity contribution in [1.82, 2.24) is 4.98 Å². The van der Waals surface area contributed by atoms with Gasteiger partial charge in [0.1, 0.15) is 0 Å². The Morgan fingerprint density at radius 1 is 0.879 bits per heavy atom. The molecule has 0 saturated carbocycles. The summed E-state index contributed by atoms with van der Waals surface area (Å²) in [5.41, 5.74) is 2.06. The van der Waals surface area contributed by atoms with Crippen LogP contribution in [0.1, 0.15) is 28.6 Å². The maximum absolute atomic E-state index is 13.0. The molecule has 0 saturated heterocycles. The first-order valence-corrected chi connectivity index (χ1v) is 11.1. The van der Waals surface area contributed by atoms with E-state index in [1.165, 1.54) is 32.7 Å². The van der Waals surface area contributed by atoms with Crippen LogP contribution < -0.4 is 29.0 Å². The van der Waals surface area contributed by atoms with Gasteiger partial charge in [-0.05, 0) is 36.8 Å². The Morgan fingerprint density at radius 2 is 1.52 bits per heavy atom. The molecule has 0 aliphatic rings. The summed E-state index contributed by atoms with van der Waals surface area (Å²) in [5, 5.41) is 3.40. The van der Waals surface area contributed by atoms with Crippen LogP contribution in [0.15, 0.2) is 30.3 Å². The zero-order valence-electron chi connectivity index (χ0n) is 19.6. The number of nitrogens with one attached hydrogen (secondary N) is 1. The lowest BCUT2D eigenvalue weighted by molar-refractivity contribution is 0.102. The summed E-state index contributed by atoms with van der Waals surface area (Å²) in [6.07, 6.45) is 1.78. The second-order valence-corrected chi connectivity index (χ2v) is 8.06. The van der Waals surface area contributed by atoms with Crippen molar-refractivity contribution in [3.8, 4) is 40.0 Å². The molecule has 1 N–H and O–H groups in total. The Hall–Kier alpha value is -3.46. The molecule has 3 aromatic rings. The highest BCUT2D eigenvalue weighted by atomic mass is 32.1. The van der Waals surface area contributed by atoms with E-state index in [0.29, 0.717) is 39.4 Å². The maximum atomic E-state index is 13.0. The number of benzene rings is 2. The molecule has 9 heteroatoms. The third kappa shape index (κ3) is 5.14. The Balaban J connectivity index is 1.95. The fourth-order valence-electron chi connectivity index (χ4n) is 3.39. The summed E-state index contributed by atoms with van der Waals surface area (Å²) < 4.78 is 26.8. The first kappa shape index (κ1) is 24.2. The number of methoxy groups -OCH3 is 5. The fraction of sp³-hybridized carbons (Fsp3) is 0.333. The highest BCUT2D eigenvalue weighted by Gasteiger charge is 2.20. The smallest absolute Gasteiger partial charge is 0.257 e. The van der Waals surface area contributed by atoms with E-state index in [4.69, 9.17) is 28.7 Å². The highest BCUT2D eigenvalue weighted by Crippen LogP contribution is 2.39. The number of thiazole rings is 1. The fourth-order valence-corrected chi connectivity index (χ4v) is 4.47. The number of anilines is 1. The standard InChI is InChI=1S/C24H28N2O6S/c1-7-8-20-21(14-9-10-16(28-2)17(11-14)29-3)25-24(33-20)26-23(27)15-12-18(30-4)22(32-6)19(13-15)31-5/h9-13H,7-8H2,1-6H3,(H,25,26,27). The van der Waals surface area contributed by atoms with Gasteiger partial charge in [0.2, 0.25) is 5.75 Å². The topological polar surface area (TPSA) is 88.1 Å². The summed E-state index contributed by atoms with van der Waals surface area (Å²) in [4.78, 5) is 18.8. The van der Waals surface area contributed by atoms with Crippen LogP contribution in [0.4, 0.5) is 5.13 Å². The highest BCUT2D eigenvalue weighted by molar-refractivity contribution is 7.16. The van der Waals surface area contributed by atoms with Crippen molar-refractivity contribution in [3.05, 3.63) is 40.8 Å². The normalized spacial score (nSPS) is 10.5. The number of aromatic nitrogens is 1. The molecule has 0 aliphatic carbocycles. The van der Waals surface area contributed by atoms with Crippen LogP contribution in [0, 0.1) is 0 Å². The largest absolute Gasteiger partial charge is 0.493 e. The number of aryl methyl sites for hydroxylation is 1. The number of hydrogen-bond donors (Lipinski definition) is 1. The Labute approximate surface area is 197 Å². The van der Waals surface area contributed by atoms with Crippen molar-refractivity contribution in [1.29, 1.82) is 0 Å². The number of nitrogens with zero attached hydrogens (tertiary/aromatic N) is 1. The molecular weight excluding hydrogens is 444 g/mol. The van der Waals surface area contributed by atoms with Crippen molar-refractivity contribution in [2.75, 3.05) is 40.9 Å². The average Bonchev–Trinajstić information content (AvgIpc) is 3.24. The average molecular weight is 473 g/mol. The van der Waals surface area contributed by atoms with E-state index in [2.05, 4.69) is 12.2 Å². The van der Waals surface area contributed by atoms with Gasteiger partial charge in [-0.15, -0.1) is 11.3 Å². The van der Waals surface area contributed by atoms with Crippen LogP contribution in [0.3, 0.4) is 0 Å². The van der Waals surface area contributed by atoms with Gasteiger partial charge in [0.25, 0.3) is 5.91 Å². The van der Waals surface area contributed by atoms with E-state index >= 15 is 0 Å². The number of hydrogen-bond acceptors (Lipinski definition) is 8. The van der Waals surface area contributed by atoms with E-state index < -0.39 is 0 Å². The van der Waals surface area contributed by atoms with E-state index in [1.807, 2.05) is 18.2 Å². The Bertz CT molecular complexity index is 1100. The van der Waals surface area contributed by atoms with Gasteiger partial charge >= 0.3 is 0 Å². The van der Waals surface area contributed by atoms with Crippen molar-refractivity contribution in [2.45, 2.75) is 19.8 Å². The van der Waals surface area contributed by atoms with Crippen molar-refractivity contribution < 1.29 is 28.5 Å². The number of carbonyl (C=O) groups excluding carboxylic acids is 1. The quantitative estimate of drug-likeness (QED) is 0.441. The van der Waals surface area contributed by atoms with Gasteiger partial charge in [-0.2, -0.15) is 0 Å². The van der Waals surface area contributed by atoms with Gasteiger partial charge in [0.15, 0.2) is 28.1 Å². The Kier molecular flexibility index (Phi) is 8.00. The molecule has 0 aliphatic heterocycles. The molecule has 8 nitrogen and oxygen atoms in total. The van der Waals surface area contributed by atoms with Gasteiger partial charge in [-0.25, -0.2) is 4.98 Å². The summed E-state index contributed by atoms with van der Waals surface area (Å²) in [5.74, 6) is 2.16. The molecule has 1 heterocycles. The van der Waals surface area contributed by atoms with Crippen LogP contribution >= 0.6 is 11.3 Å². The molecule has 0 unspecified atom stereocenters. The number of ether oxygens (including phenoxy) is 5. The molecule has 3 rings (SSSR count). The molecule has 176 valence electrons. The maximum Gasteiger partial charge on any atom is 0.257 e. The van der Waals surface area contributed by atoms with Gasteiger partial charge in [0.05, 0.1) is 41.2 Å². The number of rotatable bonds is 10. The zero-order valence-corrected chi connectivity index (χ0v) is 20.4. The molecule has 0 spiro atoms. The van der Waals surface area contributed by atoms with E-state index in [9.17, 15) is 4.79 Å². The first-order chi connectivity index (χ1) is 16.0. The molecule has 0 radical (unpaired) electrons. The summed E-state index contributed by atoms with van der Waals surface area (Å²) in [6.45, 7) is 2.10. The summed E-state index contributed by atoms with van der Waals surface area (Å²) in [6, 6.07) is 8.87. The van der Waals surface area contributed by atoms with Crippen LogP contribution in [0.25, 0.3) is 11.3 Å². The number of amides is 1. The van der Waals surface area contributed by atoms with E-state index in [1.54, 1.807) is 26.4 Å². The van der Waals surface area contributed by atoms with Gasteiger partial charge in [0, 0.05) is 16.0 Å². The lowest BCUT2D eigenvalue weighted by atomic mass is 10.1. The first-order valence-electron chi connectivity index (χ1n) is 10.3. The lowest BCUT2D eigenvalue weighted by Gasteiger charge is -2.13. The van der Waals surface area contributed by atoms with E-state index in [0.717, 1.165) is 29.0 Å². The number of carbonyl (C=O) groups is 1. The lowest BCUT2D eigenvalue weighted by Crippen LogP contribution is -2.12. The monoisotopic (exact) mass is 472 g/mol. The van der Waals surface area contributed by atoms with Crippen molar-refractivity contribution in [2.24, 2.45) is 0 Å². The van der Waals surface area contributed by atoms with Crippen LogP contribution in [-0.2, 0) is 6.42 Å². The van der Waals surface area contributed by atoms with Crippen molar-refractivity contribution in [3.63, 3.8) is 0 Å². The van der Waals surface area contributed by atoms with Gasteiger partial charge in [-0.3, -0.25) is 10.1 Å². The second kappa shape index (κ2) is 10.9. The third-order valence-corrected chi connectivity index (χ3v) is 6.01. The molecule has 33 heavy (non-hydrogen) atoms.